The number of carbonyl (C=O) groups is 4. The molecule has 1 aromatic carbocycles. The highest BCUT2D eigenvalue weighted by Gasteiger charge is 2.66. The SMILES string of the molecule is C[C@@H](OC(=O)CN1C(=O)[C@H]2[C@@H]3C[C@H]([C@@H](Br)[C@H]3Br)[C@@H]2C1=O)C(=O)c1cccc(Cl)c1. The van der Waals surface area contributed by atoms with E-state index in [0.717, 1.165) is 11.3 Å². The zero-order chi connectivity index (χ0) is 21.0. The third-order valence-electron chi connectivity index (χ3n) is 6.15. The third kappa shape index (κ3) is 3.47. The average molecular weight is 548 g/mol. The molecule has 7 atom stereocenters. The van der Waals surface area contributed by atoms with Crippen molar-refractivity contribution in [3.05, 3.63) is 34.9 Å². The number of carbonyl (C=O) groups excluding carboxylic acids is 4. The average Bonchev–Trinajstić information content (AvgIpc) is 3.28. The molecular formula is C20H18Br2ClNO5. The van der Waals surface area contributed by atoms with Crippen molar-refractivity contribution in [2.45, 2.75) is 29.1 Å². The standard InChI is InChI=1S/C20H18Br2ClNO5/c1-8(18(26)9-3-2-4-10(23)5-9)29-13(25)7-24-19(27)14-11-6-12(15(14)20(24)28)17(22)16(11)21/h2-5,8,11-12,14-17H,6-7H2,1H3/t8-,11+,12+,14+,15+,16-,17+/m1/s1. The van der Waals surface area contributed by atoms with Crippen LogP contribution in [0.5, 0.6) is 0 Å². The first kappa shape index (κ1) is 21.0. The van der Waals surface area contributed by atoms with Gasteiger partial charge in [-0.05, 0) is 37.3 Å². The Morgan fingerprint density at radius 1 is 1.17 bits per heavy atom. The maximum atomic E-state index is 12.8. The van der Waals surface area contributed by atoms with E-state index in [0.29, 0.717) is 10.6 Å². The number of rotatable bonds is 5. The van der Waals surface area contributed by atoms with E-state index in [4.69, 9.17) is 16.3 Å². The summed E-state index contributed by atoms with van der Waals surface area (Å²) in [6.45, 7) is 0.978. The summed E-state index contributed by atoms with van der Waals surface area (Å²) >= 11 is 13.1. The zero-order valence-corrected chi connectivity index (χ0v) is 19.3. The smallest absolute Gasteiger partial charge is 0.326 e. The fourth-order valence-electron chi connectivity index (χ4n) is 4.86. The number of fused-ring (bicyclic) bond motifs is 5. The van der Waals surface area contributed by atoms with E-state index in [1.807, 2.05) is 0 Å². The number of hydrogen-bond acceptors (Lipinski definition) is 5. The van der Waals surface area contributed by atoms with Crippen molar-refractivity contribution in [3.8, 4) is 0 Å². The lowest BCUT2D eigenvalue weighted by atomic mass is 9.81. The quantitative estimate of drug-likeness (QED) is 0.245. The van der Waals surface area contributed by atoms with Gasteiger partial charge in [-0.3, -0.25) is 24.1 Å². The number of esters is 1. The number of benzene rings is 1. The molecule has 0 N–H and O–H groups in total. The summed E-state index contributed by atoms with van der Waals surface area (Å²) in [6, 6.07) is 6.34. The minimum Gasteiger partial charge on any atom is -0.453 e. The molecule has 0 aromatic heterocycles. The van der Waals surface area contributed by atoms with Gasteiger partial charge in [0.05, 0.1) is 11.8 Å². The number of alkyl halides is 2. The Balaban J connectivity index is 1.41. The minimum absolute atomic E-state index is 0.0789. The minimum atomic E-state index is -1.05. The summed E-state index contributed by atoms with van der Waals surface area (Å²) in [6.07, 6.45) is -0.231. The number of hydrogen-bond donors (Lipinski definition) is 0. The van der Waals surface area contributed by atoms with Crippen molar-refractivity contribution >= 4 is 67.0 Å². The van der Waals surface area contributed by atoms with Crippen LogP contribution in [-0.4, -0.2) is 50.8 Å². The largest absolute Gasteiger partial charge is 0.453 e. The van der Waals surface area contributed by atoms with Gasteiger partial charge in [0.25, 0.3) is 0 Å². The lowest BCUT2D eigenvalue weighted by Gasteiger charge is -2.28. The highest BCUT2D eigenvalue weighted by Crippen LogP contribution is 2.60. The number of ketones is 1. The number of likely N-dealkylation sites (tertiary alicyclic amines) is 1. The van der Waals surface area contributed by atoms with Crippen molar-refractivity contribution < 1.29 is 23.9 Å². The molecule has 29 heavy (non-hydrogen) atoms. The zero-order valence-electron chi connectivity index (χ0n) is 15.4. The van der Waals surface area contributed by atoms with Gasteiger partial charge >= 0.3 is 5.97 Å². The van der Waals surface area contributed by atoms with E-state index < -0.39 is 24.4 Å². The molecular weight excluding hydrogens is 529 g/mol. The number of Topliss-reactive ketones (excluding diaryl/α,β-unsaturated/α-hetero) is 1. The molecule has 1 aliphatic heterocycles. The van der Waals surface area contributed by atoms with E-state index in [9.17, 15) is 19.2 Å². The Morgan fingerprint density at radius 2 is 1.76 bits per heavy atom. The number of ether oxygens (including phenoxy) is 1. The highest BCUT2D eigenvalue weighted by atomic mass is 79.9. The third-order valence-corrected chi connectivity index (χ3v) is 9.59. The van der Waals surface area contributed by atoms with Gasteiger partial charge in [-0.1, -0.05) is 55.6 Å². The first-order valence-corrected chi connectivity index (χ1v) is 11.5. The maximum Gasteiger partial charge on any atom is 0.326 e. The first-order chi connectivity index (χ1) is 13.7. The number of imide groups is 1. The summed E-state index contributed by atoms with van der Waals surface area (Å²) in [5.41, 5.74) is 0.323. The molecule has 2 aliphatic carbocycles. The van der Waals surface area contributed by atoms with Crippen LogP contribution in [0.2, 0.25) is 5.02 Å². The molecule has 0 radical (unpaired) electrons. The maximum absolute atomic E-state index is 12.8. The van der Waals surface area contributed by atoms with Gasteiger partial charge in [-0.25, -0.2) is 0 Å². The molecule has 2 amide bonds. The van der Waals surface area contributed by atoms with E-state index in [1.54, 1.807) is 18.2 Å². The molecule has 6 nitrogen and oxygen atoms in total. The summed E-state index contributed by atoms with van der Waals surface area (Å²) in [5, 5.41) is 0.402. The molecule has 1 heterocycles. The van der Waals surface area contributed by atoms with E-state index >= 15 is 0 Å². The molecule has 4 rings (SSSR count). The summed E-state index contributed by atoms with van der Waals surface area (Å²) in [7, 11) is 0. The molecule has 0 unspecified atom stereocenters. The molecule has 3 fully saturated rings. The molecule has 1 aromatic rings. The predicted octanol–water partition coefficient (Wildman–Crippen LogP) is 3.23. The van der Waals surface area contributed by atoms with Gasteiger partial charge in [0.1, 0.15) is 6.54 Å². The van der Waals surface area contributed by atoms with Gasteiger partial charge in [0.15, 0.2) is 6.10 Å². The van der Waals surface area contributed by atoms with E-state index in [1.165, 1.54) is 13.0 Å². The van der Waals surface area contributed by atoms with Crippen LogP contribution in [0.4, 0.5) is 0 Å². The van der Waals surface area contributed by atoms with Crippen LogP contribution in [0, 0.1) is 23.7 Å². The second kappa shape index (κ2) is 7.78. The molecule has 154 valence electrons. The van der Waals surface area contributed by atoms with Crippen LogP contribution in [0.3, 0.4) is 0 Å². The molecule has 3 aliphatic rings. The van der Waals surface area contributed by atoms with Crippen LogP contribution >= 0.6 is 43.5 Å². The van der Waals surface area contributed by atoms with Crippen molar-refractivity contribution in [2.75, 3.05) is 6.54 Å². The number of nitrogens with zero attached hydrogens (tertiary/aromatic N) is 1. The Bertz CT molecular complexity index is 877. The Kier molecular flexibility index (Phi) is 5.63. The van der Waals surface area contributed by atoms with Gasteiger partial charge in [0, 0.05) is 20.2 Å². The molecule has 2 bridgehead atoms. The summed E-state index contributed by atoms with van der Waals surface area (Å²) < 4.78 is 5.20. The topological polar surface area (TPSA) is 80.8 Å². The number of amides is 2. The predicted molar refractivity (Wildman–Crippen MR) is 112 cm³/mol. The van der Waals surface area contributed by atoms with E-state index in [-0.39, 0.29) is 45.1 Å². The molecule has 1 saturated heterocycles. The summed E-state index contributed by atoms with van der Waals surface area (Å²) in [4.78, 5) is 51.7. The van der Waals surface area contributed by atoms with Crippen LogP contribution in [0.25, 0.3) is 0 Å². The second-order valence-corrected chi connectivity index (χ2v) is 10.3. The number of halogens is 3. The Morgan fingerprint density at radius 3 is 2.31 bits per heavy atom. The van der Waals surface area contributed by atoms with Gasteiger partial charge < -0.3 is 4.74 Å². The van der Waals surface area contributed by atoms with Gasteiger partial charge in [0.2, 0.25) is 17.6 Å². The lowest BCUT2D eigenvalue weighted by molar-refractivity contribution is -0.155. The Hall–Kier alpha value is -1.25. The van der Waals surface area contributed by atoms with Crippen LogP contribution in [0.15, 0.2) is 24.3 Å². The van der Waals surface area contributed by atoms with Crippen LogP contribution in [0.1, 0.15) is 23.7 Å². The fourth-order valence-corrected chi connectivity index (χ4v) is 6.92. The van der Waals surface area contributed by atoms with Crippen molar-refractivity contribution in [2.24, 2.45) is 23.7 Å². The highest BCUT2D eigenvalue weighted by molar-refractivity contribution is 9.12. The molecule has 0 spiro atoms. The fraction of sp³-hybridized carbons (Fsp3) is 0.500. The van der Waals surface area contributed by atoms with Crippen molar-refractivity contribution in [3.63, 3.8) is 0 Å². The summed E-state index contributed by atoms with van der Waals surface area (Å²) in [5.74, 6) is -2.44. The lowest BCUT2D eigenvalue weighted by Crippen LogP contribution is -2.39. The van der Waals surface area contributed by atoms with Crippen LogP contribution < -0.4 is 0 Å². The monoisotopic (exact) mass is 545 g/mol. The molecule has 9 heteroatoms. The normalized spacial score (nSPS) is 33.7. The van der Waals surface area contributed by atoms with Crippen molar-refractivity contribution in [1.82, 2.24) is 4.90 Å². The molecule has 2 saturated carbocycles. The van der Waals surface area contributed by atoms with Gasteiger partial charge in [-0.15, -0.1) is 0 Å². The van der Waals surface area contributed by atoms with Crippen LogP contribution in [-0.2, 0) is 19.1 Å². The second-order valence-electron chi connectivity index (χ2n) is 7.77. The van der Waals surface area contributed by atoms with E-state index in [2.05, 4.69) is 31.9 Å². The Labute approximate surface area is 189 Å². The van der Waals surface area contributed by atoms with Crippen molar-refractivity contribution in [1.29, 1.82) is 0 Å². The van der Waals surface area contributed by atoms with Gasteiger partial charge in [-0.2, -0.15) is 0 Å². The first-order valence-electron chi connectivity index (χ1n) is 9.33.